The summed E-state index contributed by atoms with van der Waals surface area (Å²) in [6.45, 7) is 0.858. The molecule has 1 aliphatic heterocycles. The van der Waals surface area contributed by atoms with Gasteiger partial charge in [-0.25, -0.2) is 0 Å². The number of carbonyl (C=O) groups is 2. The van der Waals surface area contributed by atoms with Crippen molar-refractivity contribution in [1.29, 1.82) is 0 Å². The molecule has 4 heteroatoms. The predicted octanol–water partition coefficient (Wildman–Crippen LogP) is 4.11. The molecule has 0 bridgehead atoms. The molecule has 2 unspecified atom stereocenters. The lowest BCUT2D eigenvalue weighted by Crippen LogP contribution is -2.49. The average Bonchev–Trinajstić information content (AvgIpc) is 2.73. The minimum atomic E-state index is -0.0672. The number of fused-ring (bicyclic) bond motifs is 1. The van der Waals surface area contributed by atoms with E-state index in [1.807, 2.05) is 0 Å². The number of likely N-dealkylation sites (tertiary alicyclic amines) is 1. The number of ketones is 1. The number of rotatable bonds is 3. The number of carbonyl (C=O) groups excluding carboxylic acids is 2. The van der Waals surface area contributed by atoms with E-state index in [-0.39, 0.29) is 11.7 Å². The molecule has 134 valence electrons. The van der Waals surface area contributed by atoms with Gasteiger partial charge in [-0.05, 0) is 55.9 Å². The Morgan fingerprint density at radius 3 is 2.38 bits per heavy atom. The van der Waals surface area contributed by atoms with Crippen LogP contribution in [0.5, 0.6) is 0 Å². The molecule has 1 aliphatic carbocycles. The molecule has 1 aromatic heterocycles. The van der Waals surface area contributed by atoms with E-state index in [9.17, 15) is 9.59 Å². The number of nitrogens with zero attached hydrogens (tertiary/aromatic N) is 2. The lowest BCUT2D eigenvalue weighted by molar-refractivity contribution is 0.0390. The second kappa shape index (κ2) is 7.40. The molecule has 4 nitrogen and oxygen atoms in total. The largest absolute Gasteiger partial charge is 0.335 e. The maximum Gasteiger partial charge on any atom is 0.254 e. The van der Waals surface area contributed by atoms with Crippen molar-refractivity contribution in [3.63, 3.8) is 0 Å². The van der Waals surface area contributed by atoms with Crippen molar-refractivity contribution in [2.45, 2.75) is 44.6 Å². The molecule has 2 heterocycles. The SMILES string of the molecule is O=C(c1ccc(C(=O)N2CCCC3CCCCC32)cc1)c1cccnc1. The lowest BCUT2D eigenvalue weighted by Gasteiger charge is -2.44. The van der Waals surface area contributed by atoms with Crippen LogP contribution in [0.1, 0.15) is 64.8 Å². The maximum absolute atomic E-state index is 13.0. The molecule has 1 saturated carbocycles. The Morgan fingerprint density at radius 1 is 0.885 bits per heavy atom. The van der Waals surface area contributed by atoms with Crippen molar-refractivity contribution in [3.05, 3.63) is 65.5 Å². The topological polar surface area (TPSA) is 50.3 Å². The van der Waals surface area contributed by atoms with Crippen LogP contribution in [0.2, 0.25) is 0 Å². The average molecular weight is 348 g/mol. The van der Waals surface area contributed by atoms with Gasteiger partial charge in [0.1, 0.15) is 0 Å². The second-order valence-electron chi connectivity index (χ2n) is 7.40. The van der Waals surface area contributed by atoms with Gasteiger partial charge in [0, 0.05) is 41.7 Å². The molecule has 2 atom stereocenters. The predicted molar refractivity (Wildman–Crippen MR) is 100 cm³/mol. The Hall–Kier alpha value is -2.49. The quantitative estimate of drug-likeness (QED) is 0.785. The Balaban J connectivity index is 1.51. The van der Waals surface area contributed by atoms with Crippen molar-refractivity contribution in [1.82, 2.24) is 9.88 Å². The van der Waals surface area contributed by atoms with Crippen molar-refractivity contribution < 1.29 is 9.59 Å². The number of aromatic nitrogens is 1. The lowest BCUT2D eigenvalue weighted by atomic mass is 9.78. The standard InChI is InChI=1S/C22H24N2O2/c25-21(19-6-3-13-23-15-19)17-9-11-18(12-10-17)22(26)24-14-4-7-16-5-1-2-8-20(16)24/h3,6,9-13,15-16,20H,1-2,4-5,7-8,14H2. The van der Waals surface area contributed by atoms with Crippen LogP contribution in [-0.2, 0) is 0 Å². The Labute approximate surface area is 154 Å². The molecule has 2 fully saturated rings. The molecule has 2 aliphatic rings. The minimum Gasteiger partial charge on any atom is -0.335 e. The molecule has 26 heavy (non-hydrogen) atoms. The number of amides is 1. The highest BCUT2D eigenvalue weighted by Crippen LogP contribution is 2.35. The highest BCUT2D eigenvalue weighted by atomic mass is 16.2. The van der Waals surface area contributed by atoms with Gasteiger partial charge < -0.3 is 4.90 Å². The van der Waals surface area contributed by atoms with E-state index >= 15 is 0 Å². The summed E-state index contributed by atoms with van der Waals surface area (Å²) in [5, 5.41) is 0. The van der Waals surface area contributed by atoms with Gasteiger partial charge >= 0.3 is 0 Å². The number of hydrogen-bond donors (Lipinski definition) is 0. The summed E-state index contributed by atoms with van der Waals surface area (Å²) in [5.41, 5.74) is 1.83. The van der Waals surface area contributed by atoms with Crippen molar-refractivity contribution in [2.24, 2.45) is 5.92 Å². The van der Waals surface area contributed by atoms with E-state index < -0.39 is 0 Å². The van der Waals surface area contributed by atoms with E-state index in [4.69, 9.17) is 0 Å². The summed E-state index contributed by atoms with van der Waals surface area (Å²) in [6.07, 6.45) is 10.5. The summed E-state index contributed by atoms with van der Waals surface area (Å²) < 4.78 is 0. The maximum atomic E-state index is 13.0. The number of benzene rings is 1. The summed E-state index contributed by atoms with van der Waals surface area (Å²) >= 11 is 0. The molecule has 0 radical (unpaired) electrons. The Bertz CT molecular complexity index is 784. The first-order valence-corrected chi connectivity index (χ1v) is 9.60. The molecule has 2 aromatic rings. The fraction of sp³-hybridized carbons (Fsp3) is 0.409. The van der Waals surface area contributed by atoms with E-state index in [0.29, 0.717) is 28.7 Å². The van der Waals surface area contributed by atoms with Gasteiger partial charge in [-0.15, -0.1) is 0 Å². The van der Waals surface area contributed by atoms with Crippen LogP contribution < -0.4 is 0 Å². The van der Waals surface area contributed by atoms with Gasteiger partial charge in [-0.3, -0.25) is 14.6 Å². The first-order chi connectivity index (χ1) is 12.7. The van der Waals surface area contributed by atoms with Crippen molar-refractivity contribution in [2.75, 3.05) is 6.54 Å². The number of pyridine rings is 1. The van der Waals surface area contributed by atoms with E-state index in [1.54, 1.807) is 48.8 Å². The third kappa shape index (κ3) is 3.28. The van der Waals surface area contributed by atoms with Crippen molar-refractivity contribution in [3.8, 4) is 0 Å². The zero-order valence-corrected chi connectivity index (χ0v) is 14.9. The molecule has 4 rings (SSSR count). The van der Waals surface area contributed by atoms with Crippen LogP contribution in [0.3, 0.4) is 0 Å². The first kappa shape index (κ1) is 17.0. The van der Waals surface area contributed by atoms with Crippen LogP contribution in [0.15, 0.2) is 48.8 Å². The molecular formula is C22H24N2O2. The summed E-state index contributed by atoms with van der Waals surface area (Å²) in [6, 6.07) is 11.0. The second-order valence-corrected chi connectivity index (χ2v) is 7.40. The van der Waals surface area contributed by atoms with Gasteiger partial charge in [0.05, 0.1) is 0 Å². The minimum absolute atomic E-state index is 0.0672. The van der Waals surface area contributed by atoms with Gasteiger partial charge in [-0.1, -0.05) is 25.0 Å². The molecule has 1 amide bonds. The first-order valence-electron chi connectivity index (χ1n) is 9.60. The molecular weight excluding hydrogens is 324 g/mol. The Kier molecular flexibility index (Phi) is 4.83. The zero-order chi connectivity index (χ0) is 17.9. The number of piperidine rings is 1. The van der Waals surface area contributed by atoms with Crippen LogP contribution in [-0.4, -0.2) is 34.2 Å². The van der Waals surface area contributed by atoms with Crippen LogP contribution in [0.25, 0.3) is 0 Å². The third-order valence-corrected chi connectivity index (χ3v) is 5.82. The van der Waals surface area contributed by atoms with Gasteiger partial charge in [-0.2, -0.15) is 0 Å². The molecule has 0 spiro atoms. The zero-order valence-electron chi connectivity index (χ0n) is 14.9. The fourth-order valence-electron chi connectivity index (χ4n) is 4.47. The fourth-order valence-corrected chi connectivity index (χ4v) is 4.47. The molecule has 0 N–H and O–H groups in total. The number of hydrogen-bond acceptors (Lipinski definition) is 3. The van der Waals surface area contributed by atoms with Gasteiger partial charge in [0.2, 0.25) is 0 Å². The molecule has 1 saturated heterocycles. The van der Waals surface area contributed by atoms with Gasteiger partial charge in [0.15, 0.2) is 5.78 Å². The van der Waals surface area contributed by atoms with Crippen molar-refractivity contribution >= 4 is 11.7 Å². The third-order valence-electron chi connectivity index (χ3n) is 5.82. The van der Waals surface area contributed by atoms with Gasteiger partial charge in [0.25, 0.3) is 5.91 Å². The molecule has 1 aromatic carbocycles. The van der Waals surface area contributed by atoms with E-state index in [2.05, 4.69) is 9.88 Å². The highest BCUT2D eigenvalue weighted by molar-refractivity contribution is 6.09. The summed E-state index contributed by atoms with van der Waals surface area (Å²) in [5.74, 6) is 0.720. The summed E-state index contributed by atoms with van der Waals surface area (Å²) in [7, 11) is 0. The van der Waals surface area contributed by atoms with E-state index in [1.165, 1.54) is 25.7 Å². The normalized spacial score (nSPS) is 22.5. The Morgan fingerprint density at radius 2 is 1.62 bits per heavy atom. The van der Waals surface area contributed by atoms with E-state index in [0.717, 1.165) is 19.4 Å². The monoisotopic (exact) mass is 348 g/mol. The smallest absolute Gasteiger partial charge is 0.254 e. The highest BCUT2D eigenvalue weighted by Gasteiger charge is 2.35. The van der Waals surface area contributed by atoms with Crippen LogP contribution >= 0.6 is 0 Å². The van der Waals surface area contributed by atoms with Crippen LogP contribution in [0.4, 0.5) is 0 Å². The summed E-state index contributed by atoms with van der Waals surface area (Å²) in [4.78, 5) is 31.6. The van der Waals surface area contributed by atoms with Crippen LogP contribution in [0, 0.1) is 5.92 Å².